The second-order valence-corrected chi connectivity index (χ2v) is 5.67. The molecule has 0 spiro atoms. The van der Waals surface area contributed by atoms with Crippen LogP contribution >= 0.6 is 0 Å². The van der Waals surface area contributed by atoms with E-state index in [1.807, 2.05) is 69.3 Å². The summed E-state index contributed by atoms with van der Waals surface area (Å²) >= 11 is 0. The lowest BCUT2D eigenvalue weighted by Crippen LogP contribution is -2.19. The van der Waals surface area contributed by atoms with Crippen molar-refractivity contribution in [3.63, 3.8) is 0 Å². The monoisotopic (exact) mass is 310 g/mol. The largest absolute Gasteiger partial charge is 0.491 e. The SMILES string of the molecule is Cc1ccc(CN(C=O)C=Nc2ccc(OC(C)C)cc2)cc1. The van der Waals surface area contributed by atoms with Crippen molar-refractivity contribution in [1.29, 1.82) is 0 Å². The number of ether oxygens (including phenoxy) is 1. The number of benzene rings is 2. The van der Waals surface area contributed by atoms with E-state index in [1.165, 1.54) is 10.5 Å². The molecule has 0 N–H and O–H groups in total. The van der Waals surface area contributed by atoms with Gasteiger partial charge in [0.15, 0.2) is 0 Å². The highest BCUT2D eigenvalue weighted by atomic mass is 16.5. The van der Waals surface area contributed by atoms with Crippen LogP contribution in [-0.2, 0) is 11.3 Å². The summed E-state index contributed by atoms with van der Waals surface area (Å²) in [6, 6.07) is 15.6. The molecule has 0 heterocycles. The van der Waals surface area contributed by atoms with Gasteiger partial charge < -0.3 is 9.64 Å². The van der Waals surface area contributed by atoms with Gasteiger partial charge in [0.25, 0.3) is 0 Å². The molecule has 0 unspecified atom stereocenters. The zero-order valence-electron chi connectivity index (χ0n) is 13.8. The number of hydrogen-bond acceptors (Lipinski definition) is 3. The second-order valence-electron chi connectivity index (χ2n) is 5.67. The highest BCUT2D eigenvalue weighted by Crippen LogP contribution is 2.18. The van der Waals surface area contributed by atoms with Gasteiger partial charge in [-0.3, -0.25) is 4.79 Å². The lowest BCUT2D eigenvalue weighted by Gasteiger charge is -2.12. The Bertz CT molecular complexity index is 646. The van der Waals surface area contributed by atoms with Crippen molar-refractivity contribution >= 4 is 18.4 Å². The van der Waals surface area contributed by atoms with Gasteiger partial charge in [-0.1, -0.05) is 29.8 Å². The molecule has 0 aliphatic carbocycles. The molecule has 0 saturated heterocycles. The Morgan fingerprint density at radius 2 is 1.74 bits per heavy atom. The van der Waals surface area contributed by atoms with E-state index in [-0.39, 0.29) is 6.10 Å². The third kappa shape index (κ3) is 5.58. The zero-order valence-corrected chi connectivity index (χ0v) is 13.8. The van der Waals surface area contributed by atoms with Gasteiger partial charge >= 0.3 is 0 Å². The first-order valence-electron chi connectivity index (χ1n) is 7.64. The van der Waals surface area contributed by atoms with Gasteiger partial charge in [-0.25, -0.2) is 4.99 Å². The zero-order chi connectivity index (χ0) is 16.7. The van der Waals surface area contributed by atoms with E-state index >= 15 is 0 Å². The number of rotatable bonds is 7. The Hall–Kier alpha value is -2.62. The lowest BCUT2D eigenvalue weighted by molar-refractivity contribution is -0.115. The predicted molar refractivity (Wildman–Crippen MR) is 93.1 cm³/mol. The maximum atomic E-state index is 11.2. The molecule has 0 radical (unpaired) electrons. The van der Waals surface area contributed by atoms with Crippen LogP contribution in [0.25, 0.3) is 0 Å². The summed E-state index contributed by atoms with van der Waals surface area (Å²) in [5, 5.41) is 0. The van der Waals surface area contributed by atoms with Crippen molar-refractivity contribution in [3.8, 4) is 5.75 Å². The van der Waals surface area contributed by atoms with Crippen LogP contribution in [0.3, 0.4) is 0 Å². The first kappa shape index (κ1) is 16.7. The number of hydrogen-bond donors (Lipinski definition) is 0. The number of carbonyl (C=O) groups is 1. The van der Waals surface area contributed by atoms with Gasteiger partial charge in [-0.2, -0.15) is 0 Å². The van der Waals surface area contributed by atoms with Crippen molar-refractivity contribution in [2.45, 2.75) is 33.4 Å². The summed E-state index contributed by atoms with van der Waals surface area (Å²) in [4.78, 5) is 17.0. The second kappa shape index (κ2) is 8.13. The van der Waals surface area contributed by atoms with E-state index in [9.17, 15) is 4.79 Å². The molecule has 0 aromatic heterocycles. The molecule has 0 aliphatic rings. The van der Waals surface area contributed by atoms with Crippen LogP contribution in [0.1, 0.15) is 25.0 Å². The van der Waals surface area contributed by atoms with E-state index in [4.69, 9.17) is 4.74 Å². The first-order valence-corrected chi connectivity index (χ1v) is 7.64. The van der Waals surface area contributed by atoms with Crippen LogP contribution in [0.4, 0.5) is 5.69 Å². The van der Waals surface area contributed by atoms with Crippen LogP contribution in [-0.4, -0.2) is 23.8 Å². The van der Waals surface area contributed by atoms with Crippen LogP contribution < -0.4 is 4.74 Å². The summed E-state index contributed by atoms with van der Waals surface area (Å²) in [6.45, 7) is 6.51. The molecule has 0 saturated carbocycles. The molecule has 0 fully saturated rings. The maximum absolute atomic E-state index is 11.2. The maximum Gasteiger partial charge on any atom is 0.215 e. The van der Waals surface area contributed by atoms with Gasteiger partial charge in [-0.15, -0.1) is 0 Å². The minimum atomic E-state index is 0.143. The van der Waals surface area contributed by atoms with E-state index < -0.39 is 0 Å². The van der Waals surface area contributed by atoms with E-state index in [0.717, 1.165) is 23.4 Å². The van der Waals surface area contributed by atoms with Gasteiger partial charge in [0, 0.05) is 0 Å². The van der Waals surface area contributed by atoms with Gasteiger partial charge in [0.1, 0.15) is 5.75 Å². The van der Waals surface area contributed by atoms with Crippen molar-refractivity contribution in [2.75, 3.05) is 0 Å². The average molecular weight is 310 g/mol. The Morgan fingerprint density at radius 3 is 2.30 bits per heavy atom. The molecular formula is C19H22N2O2. The highest BCUT2D eigenvalue weighted by molar-refractivity contribution is 5.74. The Labute approximate surface area is 137 Å². The normalized spacial score (nSPS) is 11.0. The Morgan fingerprint density at radius 1 is 1.09 bits per heavy atom. The molecule has 4 nitrogen and oxygen atoms in total. The average Bonchev–Trinajstić information content (AvgIpc) is 2.54. The predicted octanol–water partition coefficient (Wildman–Crippen LogP) is 4.10. The summed E-state index contributed by atoms with van der Waals surface area (Å²) in [5.74, 6) is 0.811. The number of aliphatic imine (C=N–C) groups is 1. The Balaban J connectivity index is 1.98. The molecule has 0 aliphatic heterocycles. The fraction of sp³-hybridized carbons (Fsp3) is 0.263. The summed E-state index contributed by atoms with van der Waals surface area (Å²) in [7, 11) is 0. The summed E-state index contributed by atoms with van der Waals surface area (Å²) in [5.41, 5.74) is 3.04. The van der Waals surface area contributed by atoms with Crippen molar-refractivity contribution < 1.29 is 9.53 Å². The molecule has 2 rings (SSSR count). The standard InChI is InChI=1S/C19H22N2O2/c1-15(2)23-19-10-8-18(9-11-19)20-13-21(14-22)12-17-6-4-16(3)5-7-17/h4-11,13-15H,12H2,1-3H3. The van der Waals surface area contributed by atoms with Gasteiger partial charge in [0.05, 0.1) is 24.7 Å². The fourth-order valence-electron chi connectivity index (χ4n) is 2.03. The number of carbonyl (C=O) groups excluding carboxylic acids is 1. The van der Waals surface area contributed by atoms with Crippen molar-refractivity contribution in [3.05, 3.63) is 59.7 Å². The lowest BCUT2D eigenvalue weighted by atomic mass is 10.1. The third-order valence-corrected chi connectivity index (χ3v) is 3.18. The van der Waals surface area contributed by atoms with Crippen molar-refractivity contribution in [2.24, 2.45) is 4.99 Å². The minimum Gasteiger partial charge on any atom is -0.491 e. The minimum absolute atomic E-state index is 0.143. The van der Waals surface area contributed by atoms with E-state index in [0.29, 0.717) is 6.54 Å². The summed E-state index contributed by atoms with van der Waals surface area (Å²) in [6.07, 6.45) is 2.47. The van der Waals surface area contributed by atoms with Crippen LogP contribution in [0.2, 0.25) is 0 Å². The number of amides is 1. The first-order chi connectivity index (χ1) is 11.1. The van der Waals surface area contributed by atoms with Crippen LogP contribution in [0, 0.1) is 6.92 Å². The topological polar surface area (TPSA) is 41.9 Å². The fourth-order valence-corrected chi connectivity index (χ4v) is 2.03. The highest BCUT2D eigenvalue weighted by Gasteiger charge is 2.01. The molecule has 0 bridgehead atoms. The quantitative estimate of drug-likeness (QED) is 0.439. The summed E-state index contributed by atoms with van der Waals surface area (Å²) < 4.78 is 5.59. The van der Waals surface area contributed by atoms with Crippen molar-refractivity contribution in [1.82, 2.24) is 4.90 Å². The van der Waals surface area contributed by atoms with Crippen LogP contribution in [0.15, 0.2) is 53.5 Å². The van der Waals surface area contributed by atoms with E-state index in [2.05, 4.69) is 4.99 Å². The smallest absolute Gasteiger partial charge is 0.215 e. The van der Waals surface area contributed by atoms with Crippen LogP contribution in [0.5, 0.6) is 5.75 Å². The van der Waals surface area contributed by atoms with Gasteiger partial charge in [0.2, 0.25) is 6.41 Å². The molecule has 23 heavy (non-hydrogen) atoms. The number of nitrogens with zero attached hydrogens (tertiary/aromatic N) is 2. The molecular weight excluding hydrogens is 288 g/mol. The molecule has 2 aromatic rings. The molecule has 120 valence electrons. The number of aryl methyl sites for hydroxylation is 1. The molecule has 1 amide bonds. The molecule has 2 aromatic carbocycles. The molecule has 4 heteroatoms. The van der Waals surface area contributed by atoms with E-state index in [1.54, 1.807) is 6.34 Å². The molecule has 0 atom stereocenters. The van der Waals surface area contributed by atoms with Gasteiger partial charge in [-0.05, 0) is 50.6 Å². The third-order valence-electron chi connectivity index (χ3n) is 3.18. The Kier molecular flexibility index (Phi) is 5.92.